The lowest BCUT2D eigenvalue weighted by Crippen LogP contribution is -2.41. The van der Waals surface area contributed by atoms with Gasteiger partial charge in [-0.15, -0.1) is 0 Å². The maximum atomic E-state index is 11.4. The highest BCUT2D eigenvalue weighted by Gasteiger charge is 2.10. The highest BCUT2D eigenvalue weighted by molar-refractivity contribution is 5.79. The summed E-state index contributed by atoms with van der Waals surface area (Å²) >= 11 is 0. The number of carbonyl (C=O) groups excluding carboxylic acids is 1. The summed E-state index contributed by atoms with van der Waals surface area (Å²) in [6.45, 7) is 7.44. The summed E-state index contributed by atoms with van der Waals surface area (Å²) in [7, 11) is 1.47. The topological polar surface area (TPSA) is 72.9 Å². The molecule has 6 nitrogen and oxygen atoms in total. The Morgan fingerprint density at radius 1 is 1.24 bits per heavy atom. The quantitative estimate of drug-likeness (QED) is 0.609. The smallest absolute Gasteiger partial charge is 0.323 e. The van der Waals surface area contributed by atoms with E-state index in [9.17, 15) is 9.59 Å². The average molecular weight is 245 g/mol. The van der Waals surface area contributed by atoms with E-state index in [4.69, 9.17) is 5.11 Å². The van der Waals surface area contributed by atoms with Crippen molar-refractivity contribution in [1.29, 1.82) is 0 Å². The van der Waals surface area contributed by atoms with E-state index in [0.717, 1.165) is 31.0 Å². The maximum absolute atomic E-state index is 11.4. The Labute approximate surface area is 103 Å². The third kappa shape index (κ3) is 7.57. The monoisotopic (exact) mass is 245 g/mol. The fourth-order valence-corrected chi connectivity index (χ4v) is 1.45. The molecule has 6 heteroatoms. The zero-order valence-corrected chi connectivity index (χ0v) is 10.9. The molecule has 0 unspecified atom stereocenters. The van der Waals surface area contributed by atoms with E-state index in [1.807, 2.05) is 0 Å². The van der Waals surface area contributed by atoms with Crippen molar-refractivity contribution in [1.82, 2.24) is 15.1 Å². The van der Waals surface area contributed by atoms with Crippen LogP contribution in [-0.4, -0.2) is 66.7 Å². The van der Waals surface area contributed by atoms with Crippen LogP contribution in [-0.2, 0) is 4.79 Å². The second kappa shape index (κ2) is 8.81. The van der Waals surface area contributed by atoms with Crippen molar-refractivity contribution in [3.63, 3.8) is 0 Å². The van der Waals surface area contributed by atoms with E-state index in [2.05, 4.69) is 24.1 Å². The first-order chi connectivity index (χ1) is 8.01. The predicted octanol–water partition coefficient (Wildman–Crippen LogP) is 0.444. The number of likely N-dealkylation sites (N-methyl/N-ethyl adjacent to an activating group) is 1. The summed E-state index contributed by atoms with van der Waals surface area (Å²) in [5, 5.41) is 11.2. The fourth-order valence-electron chi connectivity index (χ4n) is 1.45. The number of aliphatic carboxylic acids is 1. The van der Waals surface area contributed by atoms with Crippen molar-refractivity contribution in [2.45, 2.75) is 20.3 Å². The molecule has 0 aromatic heterocycles. The van der Waals surface area contributed by atoms with Gasteiger partial charge in [0.1, 0.15) is 6.54 Å². The standard InChI is InChI=1S/C11H23N3O3/c1-4-14(5-2)8-6-7-12-11(17)13(3)9-10(15)16/h4-9H2,1-3H3,(H,12,17)(H,15,16). The van der Waals surface area contributed by atoms with Crippen LogP contribution in [0.25, 0.3) is 0 Å². The van der Waals surface area contributed by atoms with Crippen molar-refractivity contribution in [3.05, 3.63) is 0 Å². The summed E-state index contributed by atoms with van der Waals surface area (Å²) in [4.78, 5) is 25.2. The van der Waals surface area contributed by atoms with Gasteiger partial charge in [-0.3, -0.25) is 4.79 Å². The predicted molar refractivity (Wildman–Crippen MR) is 66.1 cm³/mol. The van der Waals surface area contributed by atoms with Gasteiger partial charge in [-0.05, 0) is 26.1 Å². The molecule has 0 aliphatic heterocycles. The number of hydrogen-bond donors (Lipinski definition) is 2. The van der Waals surface area contributed by atoms with E-state index >= 15 is 0 Å². The van der Waals surface area contributed by atoms with Crippen molar-refractivity contribution in [3.8, 4) is 0 Å². The first-order valence-corrected chi connectivity index (χ1v) is 5.94. The molecule has 0 radical (unpaired) electrons. The zero-order chi connectivity index (χ0) is 13.3. The molecule has 0 heterocycles. The van der Waals surface area contributed by atoms with Crippen LogP contribution >= 0.6 is 0 Å². The normalized spacial score (nSPS) is 10.4. The Morgan fingerprint density at radius 2 is 1.82 bits per heavy atom. The molecule has 0 aliphatic carbocycles. The lowest BCUT2D eigenvalue weighted by Gasteiger charge is -2.19. The summed E-state index contributed by atoms with van der Waals surface area (Å²) in [5.74, 6) is -1.01. The molecule has 0 bridgehead atoms. The third-order valence-electron chi connectivity index (χ3n) is 2.54. The van der Waals surface area contributed by atoms with Gasteiger partial charge in [0.25, 0.3) is 0 Å². The van der Waals surface area contributed by atoms with Gasteiger partial charge in [0.15, 0.2) is 0 Å². The number of urea groups is 1. The van der Waals surface area contributed by atoms with Crippen LogP contribution in [0.3, 0.4) is 0 Å². The van der Waals surface area contributed by atoms with Crippen LogP contribution in [0.5, 0.6) is 0 Å². The number of carboxylic acids is 1. The van der Waals surface area contributed by atoms with Gasteiger partial charge in [-0.25, -0.2) is 4.79 Å². The highest BCUT2D eigenvalue weighted by Crippen LogP contribution is 1.90. The van der Waals surface area contributed by atoms with E-state index in [1.165, 1.54) is 7.05 Å². The van der Waals surface area contributed by atoms with Crippen LogP contribution in [0, 0.1) is 0 Å². The molecule has 2 N–H and O–H groups in total. The lowest BCUT2D eigenvalue weighted by molar-refractivity contribution is -0.137. The molecule has 100 valence electrons. The highest BCUT2D eigenvalue weighted by atomic mass is 16.4. The van der Waals surface area contributed by atoms with E-state index in [1.54, 1.807) is 0 Å². The summed E-state index contributed by atoms with van der Waals surface area (Å²) in [5.41, 5.74) is 0. The number of amides is 2. The minimum Gasteiger partial charge on any atom is -0.480 e. The molecule has 0 spiro atoms. The lowest BCUT2D eigenvalue weighted by atomic mass is 10.3. The van der Waals surface area contributed by atoms with Crippen LogP contribution in [0.1, 0.15) is 20.3 Å². The summed E-state index contributed by atoms with van der Waals surface area (Å²) in [6.07, 6.45) is 0.869. The minimum absolute atomic E-state index is 0.276. The number of rotatable bonds is 8. The Hall–Kier alpha value is -1.30. The second-order valence-electron chi connectivity index (χ2n) is 3.86. The summed E-state index contributed by atoms with van der Waals surface area (Å²) in [6, 6.07) is -0.341. The molecule has 0 fully saturated rings. The van der Waals surface area contributed by atoms with Crippen LogP contribution in [0.15, 0.2) is 0 Å². The zero-order valence-electron chi connectivity index (χ0n) is 10.9. The maximum Gasteiger partial charge on any atom is 0.323 e. The molecule has 0 rings (SSSR count). The molecule has 0 aliphatic rings. The molecular weight excluding hydrogens is 222 g/mol. The van der Waals surface area contributed by atoms with Crippen molar-refractivity contribution >= 4 is 12.0 Å². The molecule has 2 amide bonds. The van der Waals surface area contributed by atoms with Gasteiger partial charge in [-0.2, -0.15) is 0 Å². The first kappa shape index (κ1) is 15.7. The molecule has 17 heavy (non-hydrogen) atoms. The van der Waals surface area contributed by atoms with Gasteiger partial charge in [0.05, 0.1) is 0 Å². The number of carboxylic acid groups (broad SMARTS) is 1. The van der Waals surface area contributed by atoms with Crippen molar-refractivity contribution in [2.75, 3.05) is 39.8 Å². The van der Waals surface area contributed by atoms with Crippen LogP contribution in [0.4, 0.5) is 4.79 Å². The van der Waals surface area contributed by atoms with Crippen molar-refractivity contribution in [2.24, 2.45) is 0 Å². The van der Waals surface area contributed by atoms with E-state index < -0.39 is 5.97 Å². The number of hydrogen-bond acceptors (Lipinski definition) is 3. The van der Waals surface area contributed by atoms with Gasteiger partial charge in [0, 0.05) is 13.6 Å². The van der Waals surface area contributed by atoms with Gasteiger partial charge < -0.3 is 20.2 Å². The largest absolute Gasteiger partial charge is 0.480 e. The Kier molecular flexibility index (Phi) is 8.13. The Balaban J connectivity index is 3.67. The molecule has 0 aromatic carbocycles. The van der Waals surface area contributed by atoms with Gasteiger partial charge in [0.2, 0.25) is 0 Å². The van der Waals surface area contributed by atoms with Gasteiger partial charge in [-0.1, -0.05) is 13.8 Å². The number of carbonyl (C=O) groups is 2. The molecule has 0 saturated heterocycles. The fraction of sp³-hybridized carbons (Fsp3) is 0.818. The molecule has 0 atom stereocenters. The van der Waals surface area contributed by atoms with Crippen LogP contribution in [0.2, 0.25) is 0 Å². The van der Waals surface area contributed by atoms with Crippen molar-refractivity contribution < 1.29 is 14.7 Å². The molecule has 0 aromatic rings. The SMILES string of the molecule is CCN(CC)CCCNC(=O)N(C)CC(=O)O. The van der Waals surface area contributed by atoms with Gasteiger partial charge >= 0.3 is 12.0 Å². The van der Waals surface area contributed by atoms with E-state index in [0.29, 0.717) is 6.54 Å². The number of nitrogens with one attached hydrogen (secondary N) is 1. The Morgan fingerprint density at radius 3 is 2.29 bits per heavy atom. The Bertz CT molecular complexity index is 242. The number of nitrogens with zero attached hydrogens (tertiary/aromatic N) is 2. The van der Waals surface area contributed by atoms with E-state index in [-0.39, 0.29) is 12.6 Å². The second-order valence-corrected chi connectivity index (χ2v) is 3.86. The summed E-state index contributed by atoms with van der Waals surface area (Å²) < 4.78 is 0. The first-order valence-electron chi connectivity index (χ1n) is 5.94. The molecule has 0 saturated carbocycles. The third-order valence-corrected chi connectivity index (χ3v) is 2.54. The van der Waals surface area contributed by atoms with Crippen LogP contribution < -0.4 is 5.32 Å². The minimum atomic E-state index is -1.01. The molecular formula is C11H23N3O3. The average Bonchev–Trinajstić information content (AvgIpc) is 2.28.